The Morgan fingerprint density at radius 1 is 0.514 bits per heavy atom. The number of carboxylic acid groups (broad SMARTS) is 3. The zero-order valence-electron chi connectivity index (χ0n) is 83.5. The number of hydrogen-bond acceptors (Lipinski definition) is 24. The van der Waals surface area contributed by atoms with Crippen molar-refractivity contribution in [2.24, 2.45) is 11.7 Å². The van der Waals surface area contributed by atoms with Gasteiger partial charge >= 0.3 is 24.0 Å². The molecule has 5 aromatic rings. The zero-order valence-corrected chi connectivity index (χ0v) is 85.1. The van der Waals surface area contributed by atoms with Gasteiger partial charge in [-0.2, -0.15) is 11.3 Å². The quantitative estimate of drug-likeness (QED) is 0.0595. The molecular formula is C103H134N18O25S2. The first-order valence-corrected chi connectivity index (χ1v) is 52.0. The summed E-state index contributed by atoms with van der Waals surface area (Å²) < 4.78 is 6.73. The first-order valence-electron chi connectivity index (χ1n) is 50.2. The highest BCUT2D eigenvalue weighted by atomic mass is 32.1. The number of nitrogens with two attached hydrogens (primary N) is 1. The number of cyclic esters (lactones) is 1. The first-order chi connectivity index (χ1) is 70.5. The lowest BCUT2D eigenvalue weighted by Crippen LogP contribution is -2.67. The molecule has 11 rings (SSSR count). The van der Waals surface area contributed by atoms with E-state index in [-0.39, 0.29) is 153 Å². The standard InChI is InChI=1S/C103H134N18O25S2/c1-60(83(104)128)106-85(130)71-37-38-79(123)105-45-24-20-35-70-91(136)118-102(97(143)113-73(53-65-39-49-147-57-65)87(132)112-75(88(133)109-71)54-68-58-148-78-36-19-18-34-69(68)78)44-47-120(59-102)99(145)146-48-25-11-7-6-8-21-40-101(41-22-9-10-23-42-103(43-27-46-121(103)62(3)122)98(144)115-77(56-81(126)127)90(135)116-82(93(138)119-101)66-31-16-13-17-32-66)96(142)114-76(55-80(124)125)89(134)111-74(52-64-30-26-33-67(50-64)94(139)140)92(137)117-100(4,5)95(141)107-61(2)84(129)110-72(86(131)108-70)51-63-28-14-12-15-29-63/h6-7,10,12,14-15,18-19,23,26,28-30,33-34,36,39,49-50,57-58,60-61,66,70-77,82H,8-9,11,13,16-17,20-22,24-25,27,31-32,35,37-38,40-48,51-56,59H2,1-5H3,(H2,104,128)(H,105,123)(H,106,130)(H,107,141)(H,108,131)(H,109,133)(H,110,129)(H,111,134)(H,112,132)(H,113,143)(H,114,142)(H,115,144)(H,116,135)(H,117,137)(H,118,136)(H,119,138)(H,124,125)(H,126,127)(H,139,140)/b7-6-,23-10-/t60-,61-,70-,71-,72-,73-,74-,75-,76-,77-,82-,101+,102-,103-/m0/s1. The van der Waals surface area contributed by atoms with Crippen LogP contribution in [0, 0.1) is 5.92 Å². The minimum atomic E-state index is -2.22. The average molecular weight is 2090 g/mol. The molecule has 7 heterocycles. The molecule has 5 aliphatic heterocycles. The maximum atomic E-state index is 16.2. The van der Waals surface area contributed by atoms with E-state index >= 15 is 43.2 Å². The molecule has 43 nitrogen and oxygen atoms in total. The summed E-state index contributed by atoms with van der Waals surface area (Å²) in [5, 5.41) is 77.6. The Morgan fingerprint density at radius 3 is 1.77 bits per heavy atom. The molecule has 1 aliphatic carbocycles. The van der Waals surface area contributed by atoms with Crippen LogP contribution in [0.3, 0.4) is 0 Å². The second kappa shape index (κ2) is 53.2. The van der Waals surface area contributed by atoms with Gasteiger partial charge in [0.15, 0.2) is 0 Å². The van der Waals surface area contributed by atoms with Gasteiger partial charge in [0.2, 0.25) is 100 Å². The first kappa shape index (κ1) is 114. The molecule has 20 N–H and O–H groups in total. The van der Waals surface area contributed by atoms with Crippen LogP contribution in [0.25, 0.3) is 10.1 Å². The number of allylic oxidation sites excluding steroid dienone is 3. The van der Waals surface area contributed by atoms with E-state index in [0.29, 0.717) is 48.8 Å². The van der Waals surface area contributed by atoms with Crippen molar-refractivity contribution in [3.8, 4) is 0 Å². The maximum Gasteiger partial charge on any atom is 0.409 e. The Hall–Kier alpha value is -14.5. The van der Waals surface area contributed by atoms with Crippen LogP contribution in [0.15, 0.2) is 125 Å². The van der Waals surface area contributed by atoms with Crippen molar-refractivity contribution in [2.45, 2.75) is 303 Å². The number of amides is 18. The van der Waals surface area contributed by atoms with Crippen molar-refractivity contribution in [3.05, 3.63) is 153 Å². The number of aliphatic carboxylic acids is 2. The lowest BCUT2D eigenvalue weighted by atomic mass is 9.81. The summed E-state index contributed by atoms with van der Waals surface area (Å²) in [6.45, 7) is 5.10. The summed E-state index contributed by atoms with van der Waals surface area (Å²) in [5.41, 5.74) is -1.18. The highest BCUT2D eigenvalue weighted by Crippen LogP contribution is 2.37. The van der Waals surface area contributed by atoms with Gasteiger partial charge in [0.25, 0.3) is 0 Å². The van der Waals surface area contributed by atoms with Crippen molar-refractivity contribution in [1.29, 1.82) is 0 Å². The van der Waals surface area contributed by atoms with Crippen molar-refractivity contribution >= 4 is 157 Å². The molecule has 45 heteroatoms. The Kier molecular flexibility index (Phi) is 40.9. The van der Waals surface area contributed by atoms with E-state index in [4.69, 9.17) is 10.5 Å². The number of carbonyl (C=O) groups excluding carboxylic acids is 18. The van der Waals surface area contributed by atoms with E-state index in [1.807, 2.05) is 18.2 Å². The number of carboxylic acids is 3. The molecule has 6 aliphatic rings. The molecule has 148 heavy (non-hydrogen) atoms. The molecule has 4 fully saturated rings. The smallest absolute Gasteiger partial charge is 0.409 e. The van der Waals surface area contributed by atoms with Gasteiger partial charge in [0.1, 0.15) is 88.6 Å². The third-order valence-electron chi connectivity index (χ3n) is 27.7. The third kappa shape index (κ3) is 31.5. The number of rotatable bonds is 17. The molecule has 3 aromatic carbocycles. The van der Waals surface area contributed by atoms with Gasteiger partial charge in [-0.3, -0.25) is 91.1 Å². The van der Waals surface area contributed by atoms with E-state index in [9.17, 15) is 72.9 Å². The largest absolute Gasteiger partial charge is 0.481 e. The second-order valence-corrected chi connectivity index (χ2v) is 41.0. The molecule has 2 aromatic heterocycles. The predicted molar refractivity (Wildman–Crippen MR) is 540 cm³/mol. The summed E-state index contributed by atoms with van der Waals surface area (Å²) in [6.07, 6.45) is 3.81. The van der Waals surface area contributed by atoms with Gasteiger partial charge in [0.05, 0.1) is 31.6 Å². The summed E-state index contributed by atoms with van der Waals surface area (Å²) in [5.74, 6) is -21.8. The Morgan fingerprint density at radius 2 is 1.09 bits per heavy atom. The molecule has 0 radical (unpaired) electrons. The number of fused-ring (bicyclic) bond motifs is 4. The van der Waals surface area contributed by atoms with Crippen LogP contribution >= 0.6 is 22.7 Å². The molecule has 14 atom stereocenters. The molecular weight excluding hydrogens is 1950 g/mol. The Balaban J connectivity index is 0.975. The Bertz CT molecular complexity index is 5770. The number of thiophene rings is 2. The number of ether oxygens (including phenoxy) is 1. The number of aromatic carboxylic acids is 1. The van der Waals surface area contributed by atoms with Crippen LogP contribution in [0.2, 0.25) is 0 Å². The number of hydrogen-bond donors (Lipinski definition) is 19. The molecule has 18 amide bonds. The van der Waals surface area contributed by atoms with Crippen LogP contribution in [-0.4, -0.2) is 271 Å². The molecule has 1 saturated carbocycles. The fourth-order valence-electron chi connectivity index (χ4n) is 19.3. The molecule has 3 spiro atoms. The van der Waals surface area contributed by atoms with Crippen LogP contribution in [0.4, 0.5) is 4.79 Å². The SMILES string of the molecule is CC(=O)N1CCC[C@]12C/C=C\CCC[C@@]1(CCC/C=C\CCCOC(=O)N3CC[C@@]4(C3)NC(=O)[C@H](CCCCNC(=O)CC[C@@H](C(=O)N[C@@H](C)C(N)=O)NC(=O)[C@H](Cc3csc5ccccc35)NC(=O)[C@H](Cc3ccsc3)NC4=O)NC(=O)[C@H](Cc3ccccc3)NC(=O)[C@H](C)NC(=O)C(C)(C)NC(=O)[C@H](Cc3cccc(C(=O)O)c3)NC(=O)[C@H](CC(=O)O)NC1=O)NC(=O)[C@H](C1CCCCC1)NC(=O)[C@H](CC(=O)O)NC2=O. The van der Waals surface area contributed by atoms with Gasteiger partial charge in [-0.05, 0) is 217 Å². The lowest BCUT2D eigenvalue weighted by Gasteiger charge is -2.39. The van der Waals surface area contributed by atoms with Crippen LogP contribution < -0.4 is 85.5 Å². The summed E-state index contributed by atoms with van der Waals surface area (Å²) >= 11 is 2.61. The lowest BCUT2D eigenvalue weighted by molar-refractivity contribution is -0.147. The summed E-state index contributed by atoms with van der Waals surface area (Å²) in [6, 6.07) is 4.05. The number of nitrogens with zero attached hydrogens (tertiary/aromatic N) is 2. The monoisotopic (exact) mass is 2090 g/mol. The van der Waals surface area contributed by atoms with Crippen LogP contribution in [0.5, 0.6) is 0 Å². The number of carbonyl (C=O) groups is 21. The fourth-order valence-corrected chi connectivity index (χ4v) is 21.0. The topological polar surface area (TPSA) is 641 Å². The predicted octanol–water partition coefficient (Wildman–Crippen LogP) is 2.88. The number of benzene rings is 3. The van der Waals surface area contributed by atoms with E-state index < -0.39 is 251 Å². The van der Waals surface area contributed by atoms with Crippen molar-refractivity contribution in [3.63, 3.8) is 0 Å². The fraction of sp³-hybridized carbons (Fsp3) is 0.524. The average Bonchev–Trinajstić information content (AvgIpc) is 1.64. The number of nitrogens with one attached hydrogen (secondary N) is 15. The maximum absolute atomic E-state index is 16.2. The number of primary amides is 1. The highest BCUT2D eigenvalue weighted by molar-refractivity contribution is 7.17. The normalized spacial score (nSPS) is 27.2. The summed E-state index contributed by atoms with van der Waals surface area (Å²) in [7, 11) is 0. The van der Waals surface area contributed by atoms with Crippen molar-refractivity contribution in [1.82, 2.24) is 89.6 Å². The van der Waals surface area contributed by atoms with Gasteiger partial charge in [-0.15, -0.1) is 11.3 Å². The molecule has 3 bridgehead atoms. The second-order valence-electron chi connectivity index (χ2n) is 39.3. The van der Waals surface area contributed by atoms with Crippen LogP contribution in [-0.2, 0) is 122 Å². The van der Waals surface area contributed by atoms with E-state index in [0.717, 1.165) is 21.4 Å². The molecule has 3 saturated heterocycles. The number of likely N-dealkylation sites (tertiary alicyclic amines) is 1. The van der Waals surface area contributed by atoms with E-state index in [2.05, 4.69) is 79.8 Å². The zero-order chi connectivity index (χ0) is 107. The molecule has 798 valence electrons. The van der Waals surface area contributed by atoms with Crippen molar-refractivity contribution in [2.75, 3.05) is 32.8 Å². The van der Waals surface area contributed by atoms with E-state index in [1.54, 1.807) is 82.9 Å². The minimum absolute atomic E-state index is 0.0153. The third-order valence-corrected chi connectivity index (χ3v) is 29.5. The Labute approximate surface area is 863 Å². The highest BCUT2D eigenvalue weighted by Gasteiger charge is 2.53. The van der Waals surface area contributed by atoms with Crippen molar-refractivity contribution < 1.29 is 121 Å². The van der Waals surface area contributed by atoms with Crippen LogP contribution in [0.1, 0.15) is 221 Å². The van der Waals surface area contributed by atoms with Gasteiger partial charge in [-0.25, -0.2) is 9.59 Å². The minimum Gasteiger partial charge on any atom is -0.481 e. The summed E-state index contributed by atoms with van der Waals surface area (Å²) in [4.78, 5) is 310. The van der Waals surface area contributed by atoms with E-state index in [1.165, 1.54) is 86.5 Å². The van der Waals surface area contributed by atoms with Gasteiger partial charge in [-0.1, -0.05) is 104 Å². The van der Waals surface area contributed by atoms with Gasteiger partial charge < -0.3 is 115 Å². The van der Waals surface area contributed by atoms with Gasteiger partial charge in [0, 0.05) is 63.4 Å². The molecule has 0 unspecified atom stereocenters.